The standard InChI is InChI=1S/C21H32N4O4S/c1-3-25(4-2)30(28,29)18-10-11-19-16(14-18)12-13-24(19)15-20(26)23-21(27)22-17-8-6-5-7-9-17/h10-11,14,17H,3-9,12-13,15H2,1-2H3,(H2,22,23,26,27). The van der Waals surface area contributed by atoms with Crippen LogP contribution < -0.4 is 15.5 Å². The Morgan fingerprint density at radius 1 is 1.13 bits per heavy atom. The van der Waals surface area contributed by atoms with Gasteiger partial charge >= 0.3 is 6.03 Å². The van der Waals surface area contributed by atoms with Crippen LogP contribution in [0.15, 0.2) is 23.1 Å². The third-order valence-electron chi connectivity index (χ3n) is 5.91. The lowest BCUT2D eigenvalue weighted by Crippen LogP contribution is -2.47. The highest BCUT2D eigenvalue weighted by atomic mass is 32.2. The molecule has 0 saturated heterocycles. The van der Waals surface area contributed by atoms with Gasteiger partial charge in [-0.25, -0.2) is 13.2 Å². The van der Waals surface area contributed by atoms with Crippen molar-refractivity contribution in [3.63, 3.8) is 0 Å². The van der Waals surface area contributed by atoms with E-state index < -0.39 is 16.1 Å². The Kier molecular flexibility index (Phi) is 7.36. The minimum Gasteiger partial charge on any atom is -0.362 e. The third-order valence-corrected chi connectivity index (χ3v) is 7.96. The first-order valence-electron chi connectivity index (χ1n) is 10.8. The predicted molar refractivity (Wildman–Crippen MR) is 116 cm³/mol. The number of benzene rings is 1. The van der Waals surface area contributed by atoms with Gasteiger partial charge in [-0.1, -0.05) is 33.1 Å². The number of urea groups is 1. The van der Waals surface area contributed by atoms with Crippen molar-refractivity contribution in [1.29, 1.82) is 0 Å². The molecule has 1 aliphatic carbocycles. The average Bonchev–Trinajstić information content (AvgIpc) is 3.11. The summed E-state index contributed by atoms with van der Waals surface area (Å²) in [6.07, 6.45) is 5.99. The molecule has 0 spiro atoms. The summed E-state index contributed by atoms with van der Waals surface area (Å²) in [7, 11) is -3.51. The lowest BCUT2D eigenvalue weighted by atomic mass is 9.96. The zero-order valence-electron chi connectivity index (χ0n) is 17.8. The number of carbonyl (C=O) groups excluding carboxylic acids is 2. The highest BCUT2D eigenvalue weighted by Gasteiger charge is 2.27. The third kappa shape index (κ3) is 5.13. The van der Waals surface area contributed by atoms with Crippen LogP contribution in [0, 0.1) is 0 Å². The lowest BCUT2D eigenvalue weighted by Gasteiger charge is -2.23. The van der Waals surface area contributed by atoms with Gasteiger partial charge in [-0.05, 0) is 43.0 Å². The van der Waals surface area contributed by atoms with Crippen LogP contribution in [0.3, 0.4) is 0 Å². The molecule has 30 heavy (non-hydrogen) atoms. The van der Waals surface area contributed by atoms with E-state index in [0.29, 0.717) is 26.1 Å². The number of amides is 3. The Morgan fingerprint density at radius 3 is 2.50 bits per heavy atom. The number of hydrogen-bond donors (Lipinski definition) is 2. The van der Waals surface area contributed by atoms with E-state index in [4.69, 9.17) is 0 Å². The number of carbonyl (C=O) groups is 2. The average molecular weight is 437 g/mol. The fourth-order valence-electron chi connectivity index (χ4n) is 4.29. The van der Waals surface area contributed by atoms with Crippen LogP contribution in [0.25, 0.3) is 0 Å². The number of anilines is 1. The quantitative estimate of drug-likeness (QED) is 0.683. The molecular formula is C21H32N4O4S. The van der Waals surface area contributed by atoms with Crippen LogP contribution in [0.1, 0.15) is 51.5 Å². The predicted octanol–water partition coefficient (Wildman–Crippen LogP) is 2.24. The molecule has 9 heteroatoms. The van der Waals surface area contributed by atoms with E-state index in [9.17, 15) is 18.0 Å². The van der Waals surface area contributed by atoms with E-state index >= 15 is 0 Å². The molecule has 1 fully saturated rings. The molecule has 0 bridgehead atoms. The van der Waals surface area contributed by atoms with Crippen molar-refractivity contribution < 1.29 is 18.0 Å². The summed E-state index contributed by atoms with van der Waals surface area (Å²) >= 11 is 0. The van der Waals surface area contributed by atoms with Gasteiger partial charge in [0.05, 0.1) is 11.4 Å². The molecule has 1 aliphatic heterocycles. The Bertz CT molecular complexity index is 877. The topological polar surface area (TPSA) is 98.8 Å². The molecule has 166 valence electrons. The fourth-order valence-corrected chi connectivity index (χ4v) is 5.80. The number of sulfonamides is 1. The Hall–Kier alpha value is -2.13. The number of hydrogen-bond acceptors (Lipinski definition) is 5. The maximum Gasteiger partial charge on any atom is 0.321 e. The van der Waals surface area contributed by atoms with Gasteiger partial charge in [0.15, 0.2) is 0 Å². The number of nitrogens with one attached hydrogen (secondary N) is 2. The maximum absolute atomic E-state index is 12.7. The van der Waals surface area contributed by atoms with Gasteiger partial charge in [-0.3, -0.25) is 10.1 Å². The molecule has 1 saturated carbocycles. The van der Waals surface area contributed by atoms with Gasteiger partial charge in [-0.15, -0.1) is 0 Å². The SMILES string of the molecule is CCN(CC)S(=O)(=O)c1ccc2c(c1)CCN2CC(=O)NC(=O)NC1CCCCC1. The number of fused-ring (bicyclic) bond motifs is 1. The molecule has 0 aromatic heterocycles. The molecule has 1 aromatic carbocycles. The minimum absolute atomic E-state index is 0.0627. The van der Waals surface area contributed by atoms with Crippen LogP contribution in [-0.2, 0) is 21.2 Å². The fraction of sp³-hybridized carbons (Fsp3) is 0.619. The van der Waals surface area contributed by atoms with E-state index in [2.05, 4.69) is 10.6 Å². The molecule has 1 aromatic rings. The van der Waals surface area contributed by atoms with Crippen LogP contribution in [0.2, 0.25) is 0 Å². The van der Waals surface area contributed by atoms with Gasteiger partial charge in [0.2, 0.25) is 15.9 Å². The zero-order valence-corrected chi connectivity index (χ0v) is 18.6. The van der Waals surface area contributed by atoms with Crippen LogP contribution in [0.5, 0.6) is 0 Å². The van der Waals surface area contributed by atoms with E-state index in [1.807, 2.05) is 18.7 Å². The van der Waals surface area contributed by atoms with Gasteiger partial charge in [-0.2, -0.15) is 4.31 Å². The van der Waals surface area contributed by atoms with E-state index in [-0.39, 0.29) is 23.4 Å². The number of rotatable bonds is 7. The second kappa shape index (κ2) is 9.78. The molecule has 3 amide bonds. The lowest BCUT2D eigenvalue weighted by molar-refractivity contribution is -0.118. The molecule has 1 heterocycles. The van der Waals surface area contributed by atoms with Crippen molar-refractivity contribution in [3.8, 4) is 0 Å². The molecule has 0 atom stereocenters. The van der Waals surface area contributed by atoms with E-state index in [1.54, 1.807) is 18.2 Å². The van der Waals surface area contributed by atoms with Crippen molar-refractivity contribution in [2.75, 3.05) is 31.1 Å². The van der Waals surface area contributed by atoms with Gasteiger partial charge < -0.3 is 10.2 Å². The molecular weight excluding hydrogens is 404 g/mol. The molecule has 3 rings (SSSR count). The Labute approximate surface area is 179 Å². The largest absolute Gasteiger partial charge is 0.362 e. The van der Waals surface area contributed by atoms with E-state index in [0.717, 1.165) is 36.9 Å². The Morgan fingerprint density at radius 2 is 1.83 bits per heavy atom. The van der Waals surface area contributed by atoms with Crippen LogP contribution >= 0.6 is 0 Å². The number of imide groups is 1. The summed E-state index contributed by atoms with van der Waals surface area (Å²) in [4.78, 5) is 26.6. The van der Waals surface area contributed by atoms with Crippen molar-refractivity contribution in [1.82, 2.24) is 14.9 Å². The second-order valence-electron chi connectivity index (χ2n) is 7.91. The minimum atomic E-state index is -3.51. The summed E-state index contributed by atoms with van der Waals surface area (Å²) in [6.45, 7) is 5.16. The van der Waals surface area contributed by atoms with Gasteiger partial charge in [0.1, 0.15) is 0 Å². The summed E-state index contributed by atoms with van der Waals surface area (Å²) in [5.41, 5.74) is 1.75. The van der Waals surface area contributed by atoms with Crippen LogP contribution in [-0.4, -0.2) is 56.9 Å². The summed E-state index contributed by atoms with van der Waals surface area (Å²) in [5, 5.41) is 5.30. The summed E-state index contributed by atoms with van der Waals surface area (Å²) < 4.78 is 26.9. The highest BCUT2D eigenvalue weighted by molar-refractivity contribution is 7.89. The van der Waals surface area contributed by atoms with Crippen molar-refractivity contribution in [2.45, 2.75) is 63.3 Å². The first kappa shape index (κ1) is 22.6. The molecule has 2 N–H and O–H groups in total. The molecule has 8 nitrogen and oxygen atoms in total. The van der Waals surface area contributed by atoms with Crippen LogP contribution in [0.4, 0.5) is 10.5 Å². The zero-order chi connectivity index (χ0) is 21.7. The monoisotopic (exact) mass is 436 g/mol. The van der Waals surface area contributed by atoms with Gasteiger partial charge in [0.25, 0.3) is 0 Å². The smallest absolute Gasteiger partial charge is 0.321 e. The van der Waals surface area contributed by atoms with E-state index in [1.165, 1.54) is 10.7 Å². The van der Waals surface area contributed by atoms with Gasteiger partial charge in [0, 0.05) is 31.4 Å². The first-order valence-corrected chi connectivity index (χ1v) is 12.3. The Balaban J connectivity index is 1.60. The van der Waals surface area contributed by atoms with Crippen molar-refractivity contribution in [3.05, 3.63) is 23.8 Å². The molecule has 0 radical (unpaired) electrons. The normalized spacial score (nSPS) is 17.1. The highest BCUT2D eigenvalue weighted by Crippen LogP contribution is 2.30. The first-order chi connectivity index (χ1) is 14.3. The van der Waals surface area contributed by atoms with Crippen molar-refractivity contribution >= 4 is 27.6 Å². The second-order valence-corrected chi connectivity index (χ2v) is 9.85. The molecule has 0 unspecified atom stereocenters. The molecule has 2 aliphatic rings. The number of nitrogens with zero attached hydrogens (tertiary/aromatic N) is 2. The maximum atomic E-state index is 12.7. The summed E-state index contributed by atoms with van der Waals surface area (Å²) in [5.74, 6) is -0.365. The summed E-state index contributed by atoms with van der Waals surface area (Å²) in [6, 6.07) is 4.76. The van der Waals surface area contributed by atoms with Crippen molar-refractivity contribution in [2.24, 2.45) is 0 Å².